The van der Waals surface area contributed by atoms with Crippen molar-refractivity contribution in [1.82, 2.24) is 9.62 Å². The number of benzene rings is 1. The molecule has 2 fully saturated rings. The minimum absolute atomic E-state index is 0.0704. The summed E-state index contributed by atoms with van der Waals surface area (Å²) in [5.41, 5.74) is 0.976. The lowest BCUT2D eigenvalue weighted by atomic mass is 10.0. The fourth-order valence-corrected chi connectivity index (χ4v) is 4.68. The van der Waals surface area contributed by atoms with Gasteiger partial charge in [-0.2, -0.15) is 0 Å². The Morgan fingerprint density at radius 3 is 2.57 bits per heavy atom. The second-order valence-corrected chi connectivity index (χ2v) is 8.30. The Morgan fingerprint density at radius 2 is 1.91 bits per heavy atom. The molecule has 0 spiro atoms. The van der Waals surface area contributed by atoms with E-state index in [0.29, 0.717) is 13.2 Å². The number of sulfonamides is 1. The van der Waals surface area contributed by atoms with E-state index in [1.807, 2.05) is 30.3 Å². The topological polar surface area (TPSA) is 58.6 Å². The number of rotatable bonds is 7. The number of ether oxygens (including phenoxy) is 1. The molecule has 2 atom stereocenters. The van der Waals surface area contributed by atoms with E-state index >= 15 is 0 Å². The van der Waals surface area contributed by atoms with Gasteiger partial charge in [0.1, 0.15) is 0 Å². The molecule has 3 rings (SSSR count). The summed E-state index contributed by atoms with van der Waals surface area (Å²) in [6.07, 6.45) is 4.17. The standard InChI is InChI=1S/C17H26N2O3S/c20-23(21,14-12-19-10-4-5-11-19)18-17(16-9-6-13-22-16)15-7-2-1-3-8-15/h1-3,7-8,16-18H,4-6,9-14H2/t16-,17+/m1/s1. The van der Waals surface area contributed by atoms with Crippen LogP contribution in [0.15, 0.2) is 30.3 Å². The molecule has 0 bridgehead atoms. The monoisotopic (exact) mass is 338 g/mol. The molecule has 0 radical (unpaired) electrons. The van der Waals surface area contributed by atoms with E-state index in [2.05, 4.69) is 9.62 Å². The fraction of sp³-hybridized carbons (Fsp3) is 0.647. The number of likely N-dealkylation sites (tertiary alicyclic amines) is 1. The van der Waals surface area contributed by atoms with Crippen LogP contribution in [0.2, 0.25) is 0 Å². The number of hydrogen-bond acceptors (Lipinski definition) is 4. The van der Waals surface area contributed by atoms with Crippen molar-refractivity contribution in [3.05, 3.63) is 35.9 Å². The summed E-state index contributed by atoms with van der Waals surface area (Å²) >= 11 is 0. The molecule has 0 aromatic heterocycles. The van der Waals surface area contributed by atoms with Crippen LogP contribution in [0.5, 0.6) is 0 Å². The summed E-state index contributed by atoms with van der Waals surface area (Å²) in [5.74, 6) is 0.156. The summed E-state index contributed by atoms with van der Waals surface area (Å²) in [5, 5.41) is 0. The van der Waals surface area contributed by atoms with E-state index in [1.54, 1.807) is 0 Å². The number of nitrogens with zero attached hydrogens (tertiary/aromatic N) is 1. The van der Waals surface area contributed by atoms with Gasteiger partial charge in [0.2, 0.25) is 10.0 Å². The maximum Gasteiger partial charge on any atom is 0.213 e. The molecule has 0 aliphatic carbocycles. The fourth-order valence-electron chi connectivity index (χ4n) is 3.39. The van der Waals surface area contributed by atoms with Crippen molar-refractivity contribution in [3.63, 3.8) is 0 Å². The average molecular weight is 338 g/mol. The van der Waals surface area contributed by atoms with Crippen molar-refractivity contribution < 1.29 is 13.2 Å². The SMILES string of the molecule is O=S(=O)(CCN1CCCC1)N[C@@H](c1ccccc1)[C@H]1CCCO1. The Balaban J connectivity index is 1.66. The summed E-state index contributed by atoms with van der Waals surface area (Å²) in [7, 11) is -3.33. The highest BCUT2D eigenvalue weighted by Crippen LogP contribution is 2.27. The van der Waals surface area contributed by atoms with Gasteiger partial charge in [0, 0.05) is 13.2 Å². The van der Waals surface area contributed by atoms with Gasteiger partial charge in [-0.25, -0.2) is 13.1 Å². The minimum atomic E-state index is -3.33. The van der Waals surface area contributed by atoms with Crippen LogP contribution >= 0.6 is 0 Å². The van der Waals surface area contributed by atoms with Gasteiger partial charge in [-0.1, -0.05) is 30.3 Å². The van der Waals surface area contributed by atoms with Crippen molar-refractivity contribution in [2.75, 3.05) is 32.0 Å². The van der Waals surface area contributed by atoms with Crippen molar-refractivity contribution in [2.24, 2.45) is 0 Å². The normalized spacial score (nSPS) is 24.1. The van der Waals surface area contributed by atoms with Gasteiger partial charge < -0.3 is 9.64 Å². The minimum Gasteiger partial charge on any atom is -0.376 e. The smallest absolute Gasteiger partial charge is 0.213 e. The Labute approximate surface area is 139 Å². The maximum atomic E-state index is 12.5. The van der Waals surface area contributed by atoms with E-state index < -0.39 is 10.0 Å². The van der Waals surface area contributed by atoms with Gasteiger partial charge in [-0.05, 0) is 44.3 Å². The van der Waals surface area contributed by atoms with E-state index in [9.17, 15) is 8.42 Å². The van der Waals surface area contributed by atoms with Crippen LogP contribution in [0, 0.1) is 0 Å². The largest absolute Gasteiger partial charge is 0.376 e. The van der Waals surface area contributed by atoms with Crippen LogP contribution < -0.4 is 4.72 Å². The third kappa shape index (κ3) is 4.76. The van der Waals surface area contributed by atoms with Gasteiger partial charge in [0.05, 0.1) is 17.9 Å². The molecule has 6 heteroatoms. The molecule has 2 aliphatic rings. The van der Waals surface area contributed by atoms with E-state index in [-0.39, 0.29) is 17.9 Å². The average Bonchev–Trinajstić information content (AvgIpc) is 3.25. The second-order valence-electron chi connectivity index (χ2n) is 6.43. The molecule has 1 aromatic rings. The molecule has 0 unspecified atom stereocenters. The summed E-state index contributed by atoms with van der Waals surface area (Å²) in [6.45, 7) is 3.36. The van der Waals surface area contributed by atoms with Crippen LogP contribution in [0.1, 0.15) is 37.3 Å². The van der Waals surface area contributed by atoms with Gasteiger partial charge >= 0.3 is 0 Å². The Kier molecular flexibility index (Phi) is 5.69. The van der Waals surface area contributed by atoms with Gasteiger partial charge in [-0.15, -0.1) is 0 Å². The van der Waals surface area contributed by atoms with Crippen LogP contribution in [0.3, 0.4) is 0 Å². The van der Waals surface area contributed by atoms with Crippen LogP contribution in [-0.4, -0.2) is 51.4 Å². The highest BCUT2D eigenvalue weighted by molar-refractivity contribution is 7.89. The lowest BCUT2D eigenvalue weighted by Gasteiger charge is -2.25. The molecule has 128 valence electrons. The molecule has 23 heavy (non-hydrogen) atoms. The zero-order valence-electron chi connectivity index (χ0n) is 13.5. The molecular formula is C17H26N2O3S. The Hall–Kier alpha value is -0.950. The van der Waals surface area contributed by atoms with Crippen LogP contribution in [-0.2, 0) is 14.8 Å². The summed E-state index contributed by atoms with van der Waals surface area (Å²) < 4.78 is 33.7. The molecular weight excluding hydrogens is 312 g/mol. The summed E-state index contributed by atoms with van der Waals surface area (Å²) in [4.78, 5) is 2.23. The number of hydrogen-bond donors (Lipinski definition) is 1. The quantitative estimate of drug-likeness (QED) is 0.825. The molecule has 1 aromatic carbocycles. The van der Waals surface area contributed by atoms with Crippen molar-refractivity contribution in [2.45, 2.75) is 37.8 Å². The Morgan fingerprint density at radius 1 is 1.17 bits per heavy atom. The summed E-state index contributed by atoms with van der Waals surface area (Å²) in [6, 6.07) is 9.47. The first-order valence-corrected chi connectivity index (χ1v) is 10.2. The molecule has 2 aliphatic heterocycles. The molecule has 2 saturated heterocycles. The van der Waals surface area contributed by atoms with Crippen LogP contribution in [0.4, 0.5) is 0 Å². The Bertz CT molecular complexity index is 579. The highest BCUT2D eigenvalue weighted by Gasteiger charge is 2.31. The van der Waals surface area contributed by atoms with E-state index in [0.717, 1.165) is 31.5 Å². The van der Waals surface area contributed by atoms with E-state index in [1.165, 1.54) is 12.8 Å². The molecule has 2 heterocycles. The maximum absolute atomic E-state index is 12.5. The zero-order chi connectivity index (χ0) is 16.1. The molecule has 1 N–H and O–H groups in total. The molecule has 0 amide bonds. The predicted octanol–water partition coefficient (Wildman–Crippen LogP) is 1.92. The molecule has 0 saturated carbocycles. The first kappa shape index (κ1) is 16.9. The van der Waals surface area contributed by atoms with Crippen molar-refractivity contribution >= 4 is 10.0 Å². The predicted molar refractivity (Wildman–Crippen MR) is 90.8 cm³/mol. The highest BCUT2D eigenvalue weighted by atomic mass is 32.2. The van der Waals surface area contributed by atoms with Crippen LogP contribution in [0.25, 0.3) is 0 Å². The van der Waals surface area contributed by atoms with E-state index in [4.69, 9.17) is 4.74 Å². The van der Waals surface area contributed by atoms with Gasteiger partial charge in [0.25, 0.3) is 0 Å². The second kappa shape index (κ2) is 7.75. The third-order valence-corrected chi connectivity index (χ3v) is 6.01. The zero-order valence-corrected chi connectivity index (χ0v) is 14.3. The first-order valence-electron chi connectivity index (χ1n) is 8.53. The molecule has 5 nitrogen and oxygen atoms in total. The lowest BCUT2D eigenvalue weighted by Crippen LogP contribution is -2.39. The van der Waals surface area contributed by atoms with Crippen molar-refractivity contribution in [3.8, 4) is 0 Å². The lowest BCUT2D eigenvalue weighted by molar-refractivity contribution is 0.0852. The first-order chi connectivity index (χ1) is 11.1. The third-order valence-electron chi connectivity index (χ3n) is 4.68. The number of nitrogens with one attached hydrogen (secondary N) is 1. The van der Waals surface area contributed by atoms with Gasteiger partial charge in [-0.3, -0.25) is 0 Å². The van der Waals surface area contributed by atoms with Gasteiger partial charge in [0.15, 0.2) is 0 Å². The van der Waals surface area contributed by atoms with Crippen molar-refractivity contribution in [1.29, 1.82) is 0 Å².